The van der Waals surface area contributed by atoms with Gasteiger partial charge in [-0.05, 0) is 42.6 Å². The zero-order chi connectivity index (χ0) is 23.7. The third-order valence-electron chi connectivity index (χ3n) is 7.18. The van der Waals surface area contributed by atoms with Crippen LogP contribution >= 0.6 is 0 Å². The maximum absolute atomic E-state index is 3.78. The van der Waals surface area contributed by atoms with Crippen LogP contribution in [0.5, 0.6) is 0 Å². The minimum atomic E-state index is -0.144. The van der Waals surface area contributed by atoms with Gasteiger partial charge in [0, 0.05) is 5.41 Å². The van der Waals surface area contributed by atoms with E-state index in [9.17, 15) is 0 Å². The first-order chi connectivity index (χ1) is 16.9. The van der Waals surface area contributed by atoms with Crippen molar-refractivity contribution >= 4 is 0 Å². The molecule has 3 aromatic rings. The molecule has 3 aromatic carbocycles. The average molecular weight is 456 g/mol. The molecule has 0 radical (unpaired) electrons. The number of benzene rings is 3. The Bertz CT molecular complexity index is 776. The third-order valence-corrected chi connectivity index (χ3v) is 7.18. The maximum Gasteiger partial charge on any atom is 0.0463 e. The van der Waals surface area contributed by atoms with Crippen molar-refractivity contribution in [2.45, 2.75) is 83.0 Å². The molecule has 0 aromatic heterocycles. The molecule has 0 amide bonds. The highest BCUT2D eigenvalue weighted by atomic mass is 14.8. The fraction of sp³-hybridized carbons (Fsp3) is 0.455. The summed E-state index contributed by atoms with van der Waals surface area (Å²) in [5.41, 5.74) is 3.96. The molecule has 182 valence electrons. The van der Waals surface area contributed by atoms with Crippen LogP contribution in [0.3, 0.4) is 0 Å². The number of nitrogens with one attached hydrogen (secondary N) is 1. The first-order valence-electron chi connectivity index (χ1n) is 13.7. The number of rotatable bonds is 17. The van der Waals surface area contributed by atoms with Gasteiger partial charge in [-0.1, -0.05) is 156 Å². The molecule has 0 aliphatic carbocycles. The standard InChI is InChI=1S/C33H45N/c1-2-3-4-5-6-7-8-9-10-20-28-34-29-27-33(30-21-14-11-15-22-30,31-23-16-12-17-24-31)32-25-18-13-19-26-32/h11-19,21-26,34H,2-10,20,27-29H2,1H3. The summed E-state index contributed by atoms with van der Waals surface area (Å²) in [6, 6.07) is 33.2. The Kier molecular flexibility index (Phi) is 12.0. The molecular weight excluding hydrogens is 410 g/mol. The molecule has 0 atom stereocenters. The normalized spacial score (nSPS) is 11.6. The summed E-state index contributed by atoms with van der Waals surface area (Å²) < 4.78 is 0. The van der Waals surface area contributed by atoms with Crippen LogP contribution in [0.15, 0.2) is 91.0 Å². The van der Waals surface area contributed by atoms with Gasteiger partial charge in [0.1, 0.15) is 0 Å². The van der Waals surface area contributed by atoms with Gasteiger partial charge in [-0.25, -0.2) is 0 Å². The number of unbranched alkanes of at least 4 members (excludes halogenated alkanes) is 9. The summed E-state index contributed by atoms with van der Waals surface area (Å²) in [5, 5.41) is 3.78. The molecule has 0 spiro atoms. The summed E-state index contributed by atoms with van der Waals surface area (Å²) in [4.78, 5) is 0. The van der Waals surface area contributed by atoms with E-state index in [1.165, 1.54) is 80.9 Å². The lowest BCUT2D eigenvalue weighted by molar-refractivity contribution is 0.502. The highest BCUT2D eigenvalue weighted by molar-refractivity contribution is 5.50. The van der Waals surface area contributed by atoms with Crippen LogP contribution in [0.4, 0.5) is 0 Å². The molecule has 0 fully saturated rings. The first kappa shape index (κ1) is 26.2. The summed E-state index contributed by atoms with van der Waals surface area (Å²) >= 11 is 0. The van der Waals surface area contributed by atoms with Crippen molar-refractivity contribution in [2.24, 2.45) is 0 Å². The third kappa shape index (κ3) is 7.84. The van der Waals surface area contributed by atoms with Gasteiger partial charge in [0.2, 0.25) is 0 Å². The molecule has 0 heterocycles. The van der Waals surface area contributed by atoms with Gasteiger partial charge in [0.05, 0.1) is 0 Å². The van der Waals surface area contributed by atoms with Gasteiger partial charge in [-0.3, -0.25) is 0 Å². The van der Waals surface area contributed by atoms with Crippen LogP contribution in [0, 0.1) is 0 Å². The Morgan fingerprint density at radius 3 is 1.26 bits per heavy atom. The molecule has 0 unspecified atom stereocenters. The Balaban J connectivity index is 1.54. The smallest absolute Gasteiger partial charge is 0.0463 e. The van der Waals surface area contributed by atoms with E-state index in [-0.39, 0.29) is 5.41 Å². The number of hydrogen-bond acceptors (Lipinski definition) is 1. The van der Waals surface area contributed by atoms with Crippen LogP contribution in [-0.2, 0) is 5.41 Å². The molecule has 1 N–H and O–H groups in total. The highest BCUT2D eigenvalue weighted by Gasteiger charge is 2.35. The van der Waals surface area contributed by atoms with Crippen molar-refractivity contribution in [3.63, 3.8) is 0 Å². The van der Waals surface area contributed by atoms with Gasteiger partial charge < -0.3 is 5.32 Å². The van der Waals surface area contributed by atoms with E-state index in [0.29, 0.717) is 0 Å². The van der Waals surface area contributed by atoms with Gasteiger partial charge in [-0.2, -0.15) is 0 Å². The quantitative estimate of drug-likeness (QED) is 0.158. The van der Waals surface area contributed by atoms with Crippen LogP contribution < -0.4 is 5.32 Å². The minimum absolute atomic E-state index is 0.144. The fourth-order valence-corrected chi connectivity index (χ4v) is 5.24. The van der Waals surface area contributed by atoms with Crippen LogP contribution in [0.2, 0.25) is 0 Å². The lowest BCUT2D eigenvalue weighted by atomic mass is 9.67. The van der Waals surface area contributed by atoms with E-state index in [4.69, 9.17) is 0 Å². The Hall–Kier alpha value is -2.38. The Morgan fingerprint density at radius 1 is 0.471 bits per heavy atom. The van der Waals surface area contributed by atoms with Crippen LogP contribution in [0.25, 0.3) is 0 Å². The van der Waals surface area contributed by atoms with Crippen molar-refractivity contribution in [2.75, 3.05) is 13.1 Å². The molecule has 34 heavy (non-hydrogen) atoms. The summed E-state index contributed by atoms with van der Waals surface area (Å²) in [7, 11) is 0. The maximum atomic E-state index is 3.78. The first-order valence-corrected chi connectivity index (χ1v) is 13.7. The van der Waals surface area contributed by atoms with Gasteiger partial charge >= 0.3 is 0 Å². The second-order valence-corrected chi connectivity index (χ2v) is 9.69. The van der Waals surface area contributed by atoms with Crippen molar-refractivity contribution in [3.8, 4) is 0 Å². The van der Waals surface area contributed by atoms with Gasteiger partial charge in [0.25, 0.3) is 0 Å². The van der Waals surface area contributed by atoms with E-state index < -0.39 is 0 Å². The molecule has 0 aliphatic heterocycles. The van der Waals surface area contributed by atoms with Gasteiger partial charge in [0.15, 0.2) is 0 Å². The van der Waals surface area contributed by atoms with Crippen LogP contribution in [-0.4, -0.2) is 13.1 Å². The predicted octanol–water partition coefficient (Wildman–Crippen LogP) is 8.92. The summed E-state index contributed by atoms with van der Waals surface area (Å²) in [5.74, 6) is 0. The molecule has 0 aliphatic rings. The molecule has 1 nitrogen and oxygen atoms in total. The largest absolute Gasteiger partial charge is 0.317 e. The zero-order valence-corrected chi connectivity index (χ0v) is 21.4. The lowest BCUT2D eigenvalue weighted by Gasteiger charge is -2.36. The second-order valence-electron chi connectivity index (χ2n) is 9.69. The van der Waals surface area contributed by atoms with Crippen molar-refractivity contribution < 1.29 is 0 Å². The fourth-order valence-electron chi connectivity index (χ4n) is 5.24. The van der Waals surface area contributed by atoms with Crippen molar-refractivity contribution in [1.29, 1.82) is 0 Å². The second kappa shape index (κ2) is 15.5. The molecule has 0 bridgehead atoms. The van der Waals surface area contributed by atoms with Crippen molar-refractivity contribution in [3.05, 3.63) is 108 Å². The monoisotopic (exact) mass is 455 g/mol. The predicted molar refractivity (Wildman–Crippen MR) is 149 cm³/mol. The summed E-state index contributed by atoms with van der Waals surface area (Å²) in [6.45, 7) is 4.42. The van der Waals surface area contributed by atoms with E-state index in [1.807, 2.05) is 0 Å². The topological polar surface area (TPSA) is 12.0 Å². The van der Waals surface area contributed by atoms with Crippen LogP contribution in [0.1, 0.15) is 94.2 Å². The molecule has 3 rings (SSSR count). The van der Waals surface area contributed by atoms with E-state index in [2.05, 4.69) is 103 Å². The van der Waals surface area contributed by atoms with E-state index >= 15 is 0 Å². The lowest BCUT2D eigenvalue weighted by Crippen LogP contribution is -2.34. The Morgan fingerprint density at radius 2 is 0.853 bits per heavy atom. The SMILES string of the molecule is CCCCCCCCCCCCNCCC(c1ccccc1)(c1ccccc1)c1ccccc1. The molecule has 1 heteroatoms. The summed E-state index contributed by atoms with van der Waals surface area (Å²) in [6.07, 6.45) is 14.9. The average Bonchev–Trinajstić information content (AvgIpc) is 2.91. The molecular formula is C33H45N. The Labute approximate surface area is 209 Å². The van der Waals surface area contributed by atoms with E-state index in [1.54, 1.807) is 0 Å². The van der Waals surface area contributed by atoms with Gasteiger partial charge in [-0.15, -0.1) is 0 Å². The molecule has 0 saturated carbocycles. The van der Waals surface area contributed by atoms with Crippen molar-refractivity contribution in [1.82, 2.24) is 5.32 Å². The highest BCUT2D eigenvalue weighted by Crippen LogP contribution is 2.41. The zero-order valence-electron chi connectivity index (χ0n) is 21.4. The minimum Gasteiger partial charge on any atom is -0.317 e. The number of hydrogen-bond donors (Lipinski definition) is 1. The molecule has 0 saturated heterocycles. The van der Waals surface area contributed by atoms with E-state index in [0.717, 1.165) is 19.5 Å².